The van der Waals surface area contributed by atoms with Crippen molar-refractivity contribution in [2.45, 2.75) is 29.7 Å². The third-order valence-electron chi connectivity index (χ3n) is 5.72. The van der Waals surface area contributed by atoms with E-state index in [1.807, 2.05) is 30.3 Å². The van der Waals surface area contributed by atoms with Gasteiger partial charge in [-0.25, -0.2) is 8.42 Å². The molecule has 0 bridgehead atoms. The monoisotopic (exact) mass is 390 g/mol. The summed E-state index contributed by atoms with van der Waals surface area (Å²) in [6, 6.07) is 10.2. The van der Waals surface area contributed by atoms with Gasteiger partial charge in [0, 0.05) is 38.4 Å². The van der Waals surface area contributed by atoms with Gasteiger partial charge < -0.3 is 10.5 Å². The third-order valence-corrected chi connectivity index (χ3v) is 7.50. The highest BCUT2D eigenvalue weighted by molar-refractivity contribution is 7.89. The van der Waals surface area contributed by atoms with Gasteiger partial charge in [-0.1, -0.05) is 30.3 Å². The summed E-state index contributed by atoms with van der Waals surface area (Å²) in [7, 11) is -3.58. The fraction of sp³-hybridized carbons (Fsp3) is 0.526. The maximum absolute atomic E-state index is 13.2. The fourth-order valence-corrected chi connectivity index (χ4v) is 5.56. The molecule has 0 aliphatic carbocycles. The van der Waals surface area contributed by atoms with E-state index in [4.69, 9.17) is 10.5 Å². The number of sulfonamides is 1. The van der Waals surface area contributed by atoms with Crippen molar-refractivity contribution >= 4 is 10.0 Å². The molecule has 2 aliphatic rings. The van der Waals surface area contributed by atoms with E-state index in [1.54, 1.807) is 15.2 Å². The fourth-order valence-electron chi connectivity index (χ4n) is 4.10. The van der Waals surface area contributed by atoms with E-state index in [0.717, 1.165) is 18.4 Å². The lowest BCUT2D eigenvalue weighted by molar-refractivity contribution is 0.0662. The highest BCUT2D eigenvalue weighted by Crippen LogP contribution is 2.35. The molecule has 8 heteroatoms. The Kier molecular flexibility index (Phi) is 5.32. The lowest BCUT2D eigenvalue weighted by Gasteiger charge is -2.22. The van der Waals surface area contributed by atoms with Crippen LogP contribution in [0.3, 0.4) is 0 Å². The molecule has 146 valence electrons. The molecule has 7 nitrogen and oxygen atoms in total. The van der Waals surface area contributed by atoms with E-state index in [9.17, 15) is 8.42 Å². The van der Waals surface area contributed by atoms with Crippen LogP contribution in [0.2, 0.25) is 0 Å². The normalized spacial score (nSPS) is 25.1. The predicted molar refractivity (Wildman–Crippen MR) is 102 cm³/mol. The highest BCUT2D eigenvalue weighted by Gasteiger charge is 2.40. The molecular formula is C19H26N4O3S. The molecule has 3 heterocycles. The van der Waals surface area contributed by atoms with E-state index in [-0.39, 0.29) is 22.8 Å². The Labute approximate surface area is 160 Å². The molecule has 1 aromatic carbocycles. The Balaban J connectivity index is 1.54. The average Bonchev–Trinajstić information content (AvgIpc) is 3.37. The molecule has 2 N–H and O–H groups in total. The first-order chi connectivity index (χ1) is 13.1. The van der Waals surface area contributed by atoms with Crippen LogP contribution >= 0.6 is 0 Å². The molecule has 0 radical (unpaired) electrons. The maximum Gasteiger partial charge on any atom is 0.246 e. The predicted octanol–water partition coefficient (Wildman–Crippen LogP) is 1.60. The molecule has 2 saturated heterocycles. The molecule has 2 atom stereocenters. The molecule has 27 heavy (non-hydrogen) atoms. The quantitative estimate of drug-likeness (QED) is 0.837. The molecule has 0 saturated carbocycles. The Morgan fingerprint density at radius 3 is 2.59 bits per heavy atom. The summed E-state index contributed by atoms with van der Waals surface area (Å²) in [6.07, 6.45) is 4.85. The second-order valence-electron chi connectivity index (χ2n) is 7.33. The largest absolute Gasteiger partial charge is 0.381 e. The molecule has 0 amide bonds. The first-order valence-corrected chi connectivity index (χ1v) is 10.9. The van der Waals surface area contributed by atoms with Crippen molar-refractivity contribution in [3.8, 4) is 0 Å². The Hall–Kier alpha value is -1.74. The van der Waals surface area contributed by atoms with Gasteiger partial charge in [0.05, 0.1) is 12.2 Å². The van der Waals surface area contributed by atoms with Crippen molar-refractivity contribution in [3.63, 3.8) is 0 Å². The third kappa shape index (κ3) is 3.67. The number of ether oxygens (including phenoxy) is 1. The van der Waals surface area contributed by atoms with Crippen molar-refractivity contribution < 1.29 is 13.2 Å². The topological polar surface area (TPSA) is 90.5 Å². The molecule has 2 fully saturated rings. The summed E-state index contributed by atoms with van der Waals surface area (Å²) >= 11 is 0. The lowest BCUT2D eigenvalue weighted by Crippen LogP contribution is -2.29. The molecule has 0 spiro atoms. The SMILES string of the molecule is NC[C@@H]1CN(S(=O)(=O)c2cnn(C3CCOCC3)c2)C[C@H]1c1ccccc1. The van der Waals surface area contributed by atoms with Crippen LogP contribution in [0, 0.1) is 5.92 Å². The van der Waals surface area contributed by atoms with Gasteiger partial charge in [-0.3, -0.25) is 4.68 Å². The van der Waals surface area contributed by atoms with Crippen LogP contribution in [0.1, 0.15) is 30.4 Å². The van der Waals surface area contributed by atoms with E-state index < -0.39 is 10.0 Å². The number of hydrogen-bond donors (Lipinski definition) is 1. The van der Waals surface area contributed by atoms with Gasteiger partial charge in [-0.05, 0) is 30.9 Å². The summed E-state index contributed by atoms with van der Waals surface area (Å²) in [4.78, 5) is 0.262. The van der Waals surface area contributed by atoms with Gasteiger partial charge in [0.15, 0.2) is 0 Å². The number of rotatable bonds is 5. The van der Waals surface area contributed by atoms with Gasteiger partial charge in [-0.2, -0.15) is 9.40 Å². The van der Waals surface area contributed by atoms with Crippen molar-refractivity contribution in [3.05, 3.63) is 48.3 Å². The number of benzene rings is 1. The number of aromatic nitrogens is 2. The first-order valence-electron chi connectivity index (χ1n) is 9.46. The molecule has 4 rings (SSSR count). The van der Waals surface area contributed by atoms with Crippen LogP contribution in [0.15, 0.2) is 47.6 Å². The van der Waals surface area contributed by atoms with Crippen molar-refractivity contribution in [1.82, 2.24) is 14.1 Å². The minimum Gasteiger partial charge on any atom is -0.381 e. The van der Waals surface area contributed by atoms with Gasteiger partial charge in [0.1, 0.15) is 4.90 Å². The number of nitrogens with two attached hydrogens (primary N) is 1. The zero-order valence-corrected chi connectivity index (χ0v) is 16.1. The second-order valence-corrected chi connectivity index (χ2v) is 9.27. The minimum absolute atomic E-state index is 0.118. The van der Waals surface area contributed by atoms with Gasteiger partial charge in [0.2, 0.25) is 10.0 Å². The van der Waals surface area contributed by atoms with Crippen LogP contribution in [0.4, 0.5) is 0 Å². The summed E-state index contributed by atoms with van der Waals surface area (Å²) in [5.74, 6) is 0.240. The first kappa shape index (κ1) is 18.6. The van der Waals surface area contributed by atoms with Crippen molar-refractivity contribution in [1.29, 1.82) is 0 Å². The van der Waals surface area contributed by atoms with E-state index in [2.05, 4.69) is 5.10 Å². The van der Waals surface area contributed by atoms with Crippen molar-refractivity contribution in [2.24, 2.45) is 11.7 Å². The Morgan fingerprint density at radius 1 is 1.15 bits per heavy atom. The zero-order chi connectivity index (χ0) is 18.9. The van der Waals surface area contributed by atoms with Crippen LogP contribution < -0.4 is 5.73 Å². The highest BCUT2D eigenvalue weighted by atomic mass is 32.2. The maximum atomic E-state index is 13.2. The van der Waals surface area contributed by atoms with E-state index in [1.165, 1.54) is 6.20 Å². The second kappa shape index (κ2) is 7.71. The number of nitrogens with zero attached hydrogens (tertiary/aromatic N) is 3. The number of hydrogen-bond acceptors (Lipinski definition) is 5. The van der Waals surface area contributed by atoms with E-state index in [0.29, 0.717) is 32.8 Å². The van der Waals surface area contributed by atoms with Crippen LogP contribution in [-0.2, 0) is 14.8 Å². The molecule has 1 aromatic heterocycles. The van der Waals surface area contributed by atoms with Crippen molar-refractivity contribution in [2.75, 3.05) is 32.8 Å². The average molecular weight is 391 g/mol. The summed E-state index contributed by atoms with van der Waals surface area (Å²) in [5.41, 5.74) is 7.10. The van der Waals surface area contributed by atoms with Crippen LogP contribution in [0.5, 0.6) is 0 Å². The Bertz CT molecular complexity index is 862. The smallest absolute Gasteiger partial charge is 0.246 e. The lowest BCUT2D eigenvalue weighted by atomic mass is 9.89. The zero-order valence-electron chi connectivity index (χ0n) is 15.3. The molecule has 2 aromatic rings. The summed E-state index contributed by atoms with van der Waals surface area (Å²) in [5, 5.41) is 4.32. The molecule has 2 aliphatic heterocycles. The van der Waals surface area contributed by atoms with Gasteiger partial charge in [-0.15, -0.1) is 0 Å². The standard InChI is InChI=1S/C19H26N4O3S/c20-10-16-12-22(14-19(16)15-4-2-1-3-5-15)27(24,25)18-11-21-23(13-18)17-6-8-26-9-7-17/h1-5,11,13,16-17,19H,6-10,12,14,20H2/t16-,19+/m1/s1. The summed E-state index contributed by atoms with van der Waals surface area (Å²) < 4.78 is 35.1. The van der Waals surface area contributed by atoms with Crippen LogP contribution in [0.25, 0.3) is 0 Å². The van der Waals surface area contributed by atoms with E-state index >= 15 is 0 Å². The molecular weight excluding hydrogens is 364 g/mol. The van der Waals surface area contributed by atoms with Gasteiger partial charge >= 0.3 is 0 Å². The van der Waals surface area contributed by atoms with Crippen LogP contribution in [-0.4, -0.2) is 55.4 Å². The van der Waals surface area contributed by atoms with Gasteiger partial charge in [0.25, 0.3) is 0 Å². The minimum atomic E-state index is -3.58. The Morgan fingerprint density at radius 2 is 1.89 bits per heavy atom. The molecule has 0 unspecified atom stereocenters. The summed E-state index contributed by atoms with van der Waals surface area (Å²) in [6.45, 7) is 2.75.